The molecule has 0 saturated heterocycles. The van der Waals surface area contributed by atoms with Gasteiger partial charge in [-0.25, -0.2) is 9.97 Å². The normalized spacial score (nSPS) is 11.3. The monoisotopic (exact) mass is 325 g/mol. The smallest absolute Gasteiger partial charge is 0.166 e. The lowest BCUT2D eigenvalue weighted by molar-refractivity contribution is 1.08. The number of nitrogens with one attached hydrogen (secondary N) is 1. The lowest BCUT2D eigenvalue weighted by atomic mass is 10.2. The molecule has 0 spiro atoms. The molecule has 0 aliphatic rings. The van der Waals surface area contributed by atoms with E-state index in [9.17, 15) is 0 Å². The van der Waals surface area contributed by atoms with E-state index in [2.05, 4.69) is 21.0 Å². The van der Waals surface area contributed by atoms with Gasteiger partial charge in [0.2, 0.25) is 0 Å². The number of benzene rings is 2. The molecule has 0 bridgehead atoms. The van der Waals surface area contributed by atoms with Crippen LogP contribution in [-0.2, 0) is 5.75 Å². The van der Waals surface area contributed by atoms with Gasteiger partial charge in [0.1, 0.15) is 5.15 Å². The molecule has 0 fully saturated rings. The van der Waals surface area contributed by atoms with Crippen molar-refractivity contribution in [3.63, 3.8) is 0 Å². The van der Waals surface area contributed by atoms with E-state index < -0.39 is 0 Å². The van der Waals surface area contributed by atoms with Crippen LogP contribution in [0.1, 0.15) is 5.56 Å². The number of imidazole rings is 1. The third-order valence-corrected chi connectivity index (χ3v) is 4.73. The summed E-state index contributed by atoms with van der Waals surface area (Å²) in [7, 11) is 0. The van der Waals surface area contributed by atoms with Crippen molar-refractivity contribution >= 4 is 45.3 Å². The summed E-state index contributed by atoms with van der Waals surface area (Å²) in [6.45, 7) is 0. The molecule has 0 radical (unpaired) electrons. The molecule has 22 heavy (non-hydrogen) atoms. The Morgan fingerprint density at radius 3 is 2.59 bits per heavy atom. The van der Waals surface area contributed by atoms with Gasteiger partial charge < -0.3 is 4.98 Å². The Kier molecular flexibility index (Phi) is 3.48. The number of para-hydroxylation sites is 3. The van der Waals surface area contributed by atoms with Crippen molar-refractivity contribution in [2.24, 2.45) is 0 Å². The molecule has 3 nitrogen and oxygen atoms in total. The lowest BCUT2D eigenvalue weighted by Crippen LogP contribution is -1.89. The number of H-pyrrole nitrogens is 1. The Morgan fingerprint density at radius 1 is 0.955 bits per heavy atom. The second kappa shape index (κ2) is 5.63. The molecule has 2 heterocycles. The summed E-state index contributed by atoms with van der Waals surface area (Å²) >= 11 is 7.92. The summed E-state index contributed by atoms with van der Waals surface area (Å²) < 4.78 is 0. The molecule has 0 saturated carbocycles. The minimum Gasteiger partial charge on any atom is -0.333 e. The van der Waals surface area contributed by atoms with Crippen LogP contribution >= 0.6 is 23.4 Å². The number of hydrogen-bond donors (Lipinski definition) is 1. The zero-order valence-electron chi connectivity index (χ0n) is 11.6. The summed E-state index contributed by atoms with van der Waals surface area (Å²) in [6, 6.07) is 18.1. The van der Waals surface area contributed by atoms with Crippen molar-refractivity contribution in [2.45, 2.75) is 10.9 Å². The van der Waals surface area contributed by atoms with E-state index in [1.807, 2.05) is 48.5 Å². The number of aromatic nitrogens is 3. The van der Waals surface area contributed by atoms with Crippen molar-refractivity contribution in [3.05, 3.63) is 65.3 Å². The highest BCUT2D eigenvalue weighted by atomic mass is 35.5. The predicted molar refractivity (Wildman–Crippen MR) is 92.4 cm³/mol. The van der Waals surface area contributed by atoms with Gasteiger partial charge in [-0.15, -0.1) is 0 Å². The average Bonchev–Trinajstić information content (AvgIpc) is 2.95. The molecular formula is C17H12ClN3S. The summed E-state index contributed by atoms with van der Waals surface area (Å²) in [4.78, 5) is 12.3. The van der Waals surface area contributed by atoms with Gasteiger partial charge in [0.25, 0.3) is 0 Å². The van der Waals surface area contributed by atoms with E-state index in [1.165, 1.54) is 0 Å². The molecule has 0 aliphatic heterocycles. The van der Waals surface area contributed by atoms with E-state index in [-0.39, 0.29) is 0 Å². The number of nitrogens with zero attached hydrogens (tertiary/aromatic N) is 2. The van der Waals surface area contributed by atoms with Crippen molar-refractivity contribution in [2.75, 3.05) is 0 Å². The number of pyridine rings is 1. The van der Waals surface area contributed by atoms with Crippen LogP contribution in [0.4, 0.5) is 0 Å². The molecule has 4 rings (SSSR count). The van der Waals surface area contributed by atoms with Crippen molar-refractivity contribution < 1.29 is 0 Å². The maximum absolute atomic E-state index is 6.29. The van der Waals surface area contributed by atoms with Crippen molar-refractivity contribution in [3.8, 4) is 0 Å². The van der Waals surface area contributed by atoms with Gasteiger partial charge in [-0.2, -0.15) is 0 Å². The van der Waals surface area contributed by atoms with Gasteiger partial charge in [0, 0.05) is 16.7 Å². The van der Waals surface area contributed by atoms with Crippen LogP contribution in [0, 0.1) is 0 Å². The summed E-state index contributed by atoms with van der Waals surface area (Å²) in [5.41, 5.74) is 3.97. The standard InChI is InChI=1S/C17H12ClN3S/c18-16-12(9-11-5-1-2-6-13(11)19-16)10-22-17-20-14-7-3-4-8-15(14)21-17/h1-9H,10H2,(H,20,21). The van der Waals surface area contributed by atoms with Crippen molar-refractivity contribution in [1.29, 1.82) is 0 Å². The van der Waals surface area contributed by atoms with E-state index in [4.69, 9.17) is 11.6 Å². The fourth-order valence-corrected chi connectivity index (χ4v) is 3.53. The largest absolute Gasteiger partial charge is 0.333 e. The molecule has 1 N–H and O–H groups in total. The van der Waals surface area contributed by atoms with Crippen LogP contribution in [0.2, 0.25) is 5.15 Å². The van der Waals surface area contributed by atoms with Gasteiger partial charge in [-0.1, -0.05) is 53.7 Å². The van der Waals surface area contributed by atoms with Crippen LogP contribution in [0.15, 0.2) is 59.8 Å². The highest BCUT2D eigenvalue weighted by Crippen LogP contribution is 2.28. The van der Waals surface area contributed by atoms with E-state index in [1.54, 1.807) is 11.8 Å². The number of rotatable bonds is 3. The maximum Gasteiger partial charge on any atom is 0.166 e. The highest BCUT2D eigenvalue weighted by molar-refractivity contribution is 7.98. The Hall–Kier alpha value is -2.04. The van der Waals surface area contributed by atoms with Crippen molar-refractivity contribution in [1.82, 2.24) is 15.0 Å². The molecule has 0 aliphatic carbocycles. The molecule has 0 atom stereocenters. The van der Waals surface area contributed by atoms with Gasteiger partial charge in [0.15, 0.2) is 5.16 Å². The Bertz CT molecular complexity index is 931. The number of halogens is 1. The molecular weight excluding hydrogens is 314 g/mol. The molecule has 2 aromatic carbocycles. The minimum atomic E-state index is 0.558. The van der Waals surface area contributed by atoms with Crippen LogP contribution in [-0.4, -0.2) is 15.0 Å². The van der Waals surface area contributed by atoms with E-state index >= 15 is 0 Å². The SMILES string of the molecule is Clc1nc2ccccc2cc1CSc1nc2ccccc2[nH]1. The maximum atomic E-state index is 6.29. The van der Waals surface area contributed by atoms with Crippen LogP contribution < -0.4 is 0 Å². The fourth-order valence-electron chi connectivity index (χ4n) is 2.38. The third-order valence-electron chi connectivity index (χ3n) is 3.48. The first kappa shape index (κ1) is 13.6. The van der Waals surface area contributed by atoms with Gasteiger partial charge in [0.05, 0.1) is 16.6 Å². The Balaban J connectivity index is 1.61. The Labute approximate surface area is 136 Å². The number of aromatic amines is 1. The predicted octanol–water partition coefficient (Wildman–Crippen LogP) is 5.06. The topological polar surface area (TPSA) is 41.6 Å². The van der Waals surface area contributed by atoms with Crippen LogP contribution in [0.25, 0.3) is 21.9 Å². The fraction of sp³-hybridized carbons (Fsp3) is 0.0588. The number of thioether (sulfide) groups is 1. The zero-order valence-corrected chi connectivity index (χ0v) is 13.2. The van der Waals surface area contributed by atoms with Crippen LogP contribution in [0.3, 0.4) is 0 Å². The quantitative estimate of drug-likeness (QED) is 0.423. The van der Waals surface area contributed by atoms with E-state index in [0.29, 0.717) is 5.15 Å². The van der Waals surface area contributed by atoms with Gasteiger partial charge >= 0.3 is 0 Å². The molecule has 0 unspecified atom stereocenters. The molecule has 0 amide bonds. The zero-order chi connectivity index (χ0) is 14.9. The third kappa shape index (κ3) is 2.56. The van der Waals surface area contributed by atoms with E-state index in [0.717, 1.165) is 38.4 Å². The minimum absolute atomic E-state index is 0.558. The number of fused-ring (bicyclic) bond motifs is 2. The van der Waals surface area contributed by atoms with Gasteiger partial charge in [-0.05, 0) is 24.3 Å². The molecule has 5 heteroatoms. The molecule has 4 aromatic rings. The second-order valence-corrected chi connectivity index (χ2v) is 6.30. The molecule has 108 valence electrons. The van der Waals surface area contributed by atoms with Gasteiger partial charge in [-0.3, -0.25) is 0 Å². The Morgan fingerprint density at radius 2 is 1.73 bits per heavy atom. The summed E-state index contributed by atoms with van der Waals surface area (Å²) in [6.07, 6.45) is 0. The first-order valence-electron chi connectivity index (χ1n) is 6.91. The average molecular weight is 326 g/mol. The highest BCUT2D eigenvalue weighted by Gasteiger charge is 2.08. The first-order chi connectivity index (χ1) is 10.8. The first-order valence-corrected chi connectivity index (χ1v) is 8.28. The lowest BCUT2D eigenvalue weighted by Gasteiger charge is -2.04. The summed E-state index contributed by atoms with van der Waals surface area (Å²) in [5, 5.41) is 2.56. The molecule has 2 aromatic heterocycles. The summed E-state index contributed by atoms with van der Waals surface area (Å²) in [5.74, 6) is 0.733. The van der Waals surface area contributed by atoms with Crippen LogP contribution in [0.5, 0.6) is 0 Å². The number of hydrogen-bond acceptors (Lipinski definition) is 3. The second-order valence-electron chi connectivity index (χ2n) is 4.98.